The number of halogens is 1. The van der Waals surface area contributed by atoms with Crippen molar-refractivity contribution in [3.63, 3.8) is 0 Å². The van der Waals surface area contributed by atoms with Crippen molar-refractivity contribution in [2.75, 3.05) is 0 Å². The molecular formula is C13H14BrN3O. The monoisotopic (exact) mass is 307 g/mol. The molecule has 4 nitrogen and oxygen atoms in total. The molecule has 0 spiro atoms. The average Bonchev–Trinajstić information content (AvgIpc) is 2.86. The van der Waals surface area contributed by atoms with Gasteiger partial charge >= 0.3 is 0 Å². The number of benzene rings is 1. The molecule has 0 radical (unpaired) electrons. The van der Waals surface area contributed by atoms with Gasteiger partial charge in [0.1, 0.15) is 5.82 Å². The first-order valence-electron chi connectivity index (χ1n) is 5.64. The molecule has 1 unspecified atom stereocenters. The summed E-state index contributed by atoms with van der Waals surface area (Å²) in [5.41, 5.74) is 1.68. The van der Waals surface area contributed by atoms with Gasteiger partial charge in [-0.2, -0.15) is 0 Å². The number of hydrogen-bond donors (Lipinski definition) is 2. The number of carbonyl (C=O) groups excluding carboxylic acids is 1. The zero-order valence-electron chi connectivity index (χ0n) is 10.2. The molecule has 18 heavy (non-hydrogen) atoms. The lowest BCUT2D eigenvalue weighted by Crippen LogP contribution is -2.27. The topological polar surface area (TPSA) is 57.8 Å². The van der Waals surface area contributed by atoms with Crippen LogP contribution in [0.3, 0.4) is 0 Å². The van der Waals surface area contributed by atoms with Gasteiger partial charge < -0.3 is 10.3 Å². The first-order valence-corrected chi connectivity index (χ1v) is 6.43. The summed E-state index contributed by atoms with van der Waals surface area (Å²) >= 11 is 3.41. The molecular weight excluding hydrogens is 294 g/mol. The minimum atomic E-state index is -0.142. The fraction of sp³-hybridized carbons (Fsp3) is 0.231. The van der Waals surface area contributed by atoms with E-state index in [1.807, 2.05) is 26.0 Å². The molecule has 0 saturated heterocycles. The number of aromatic amines is 1. The minimum Gasteiger partial charge on any atom is -0.347 e. The normalized spacial score (nSPS) is 12.2. The Morgan fingerprint density at radius 1 is 1.50 bits per heavy atom. The van der Waals surface area contributed by atoms with E-state index in [0.29, 0.717) is 5.56 Å². The van der Waals surface area contributed by atoms with Crippen molar-refractivity contribution in [2.24, 2.45) is 0 Å². The molecule has 1 aromatic heterocycles. The van der Waals surface area contributed by atoms with E-state index in [2.05, 4.69) is 31.2 Å². The summed E-state index contributed by atoms with van der Waals surface area (Å²) in [6.07, 6.45) is 3.41. The Morgan fingerprint density at radius 2 is 2.28 bits per heavy atom. The van der Waals surface area contributed by atoms with Crippen molar-refractivity contribution < 1.29 is 4.79 Å². The van der Waals surface area contributed by atoms with Gasteiger partial charge in [-0.1, -0.05) is 15.9 Å². The molecule has 0 bridgehead atoms. The maximum absolute atomic E-state index is 12.0. The van der Waals surface area contributed by atoms with Gasteiger partial charge in [0.05, 0.1) is 6.04 Å². The number of hydrogen-bond acceptors (Lipinski definition) is 2. The van der Waals surface area contributed by atoms with E-state index in [-0.39, 0.29) is 11.9 Å². The standard InChI is InChI=1S/C13H14BrN3O/c1-8-7-10(3-4-11(8)14)13(18)17-9(2)12-15-5-6-16-12/h3-7,9H,1-2H3,(H,15,16)(H,17,18). The quantitative estimate of drug-likeness (QED) is 0.916. The third kappa shape index (κ3) is 2.79. The van der Waals surface area contributed by atoms with Crippen LogP contribution < -0.4 is 5.32 Å². The van der Waals surface area contributed by atoms with E-state index in [9.17, 15) is 4.79 Å². The maximum atomic E-state index is 12.0. The van der Waals surface area contributed by atoms with Crippen molar-refractivity contribution in [2.45, 2.75) is 19.9 Å². The van der Waals surface area contributed by atoms with Crippen LogP contribution in [0.2, 0.25) is 0 Å². The van der Waals surface area contributed by atoms with Crippen LogP contribution in [0.1, 0.15) is 34.7 Å². The van der Waals surface area contributed by atoms with Gasteiger partial charge in [0.25, 0.3) is 5.91 Å². The van der Waals surface area contributed by atoms with E-state index >= 15 is 0 Å². The molecule has 2 rings (SSSR count). The summed E-state index contributed by atoms with van der Waals surface area (Å²) < 4.78 is 0.998. The molecule has 1 heterocycles. The molecule has 0 fully saturated rings. The van der Waals surface area contributed by atoms with E-state index in [1.54, 1.807) is 18.5 Å². The van der Waals surface area contributed by atoms with Gasteiger partial charge in [-0.3, -0.25) is 4.79 Å². The van der Waals surface area contributed by atoms with Gasteiger partial charge in [-0.25, -0.2) is 4.98 Å². The van der Waals surface area contributed by atoms with Crippen molar-refractivity contribution in [1.29, 1.82) is 0 Å². The highest BCUT2D eigenvalue weighted by molar-refractivity contribution is 9.10. The molecule has 0 aliphatic carbocycles. The Kier molecular flexibility index (Phi) is 3.81. The van der Waals surface area contributed by atoms with Crippen LogP contribution in [0.15, 0.2) is 35.1 Å². The molecule has 1 atom stereocenters. The van der Waals surface area contributed by atoms with Crippen molar-refractivity contribution in [3.05, 3.63) is 52.0 Å². The van der Waals surface area contributed by atoms with E-state index < -0.39 is 0 Å². The summed E-state index contributed by atoms with van der Waals surface area (Å²) in [6.45, 7) is 3.85. The third-order valence-electron chi connectivity index (χ3n) is 2.70. The fourth-order valence-electron chi connectivity index (χ4n) is 1.65. The smallest absolute Gasteiger partial charge is 0.251 e. The number of H-pyrrole nitrogens is 1. The second-order valence-corrected chi connectivity index (χ2v) is 4.99. The highest BCUT2D eigenvalue weighted by atomic mass is 79.9. The van der Waals surface area contributed by atoms with Crippen molar-refractivity contribution in [3.8, 4) is 0 Å². The number of aryl methyl sites for hydroxylation is 1. The van der Waals surface area contributed by atoms with Crippen LogP contribution in [-0.4, -0.2) is 15.9 Å². The second kappa shape index (κ2) is 5.35. The van der Waals surface area contributed by atoms with Gasteiger partial charge in [0, 0.05) is 22.4 Å². The number of amides is 1. The van der Waals surface area contributed by atoms with Gasteiger partial charge in [0.15, 0.2) is 0 Å². The third-order valence-corrected chi connectivity index (χ3v) is 3.59. The zero-order chi connectivity index (χ0) is 13.1. The Hall–Kier alpha value is -1.62. The average molecular weight is 308 g/mol. The Morgan fingerprint density at radius 3 is 2.89 bits per heavy atom. The first-order chi connectivity index (χ1) is 8.58. The summed E-state index contributed by atoms with van der Waals surface area (Å²) in [6, 6.07) is 5.38. The van der Waals surface area contributed by atoms with Crippen LogP contribution in [-0.2, 0) is 0 Å². The lowest BCUT2D eigenvalue weighted by molar-refractivity contribution is 0.0938. The van der Waals surface area contributed by atoms with Gasteiger partial charge in [0.2, 0.25) is 0 Å². The molecule has 0 aliphatic heterocycles. The van der Waals surface area contributed by atoms with Crippen LogP contribution in [0, 0.1) is 6.92 Å². The van der Waals surface area contributed by atoms with Crippen LogP contribution in [0.4, 0.5) is 0 Å². The van der Waals surface area contributed by atoms with Crippen molar-refractivity contribution in [1.82, 2.24) is 15.3 Å². The SMILES string of the molecule is Cc1cc(C(=O)NC(C)c2ncc[nH]2)ccc1Br. The number of aromatic nitrogens is 2. The van der Waals surface area contributed by atoms with Crippen LogP contribution >= 0.6 is 15.9 Å². The number of nitrogens with zero attached hydrogens (tertiary/aromatic N) is 1. The molecule has 2 aromatic rings. The Bertz CT molecular complexity index is 551. The molecule has 0 aliphatic rings. The predicted octanol–water partition coefficient (Wildman–Crippen LogP) is 2.97. The highest BCUT2D eigenvalue weighted by Crippen LogP contribution is 2.17. The molecule has 5 heteroatoms. The zero-order valence-corrected chi connectivity index (χ0v) is 11.8. The number of carbonyl (C=O) groups is 1. The molecule has 94 valence electrons. The van der Waals surface area contributed by atoms with Gasteiger partial charge in [-0.05, 0) is 37.6 Å². The van der Waals surface area contributed by atoms with Crippen molar-refractivity contribution >= 4 is 21.8 Å². The summed E-state index contributed by atoms with van der Waals surface area (Å²) in [7, 11) is 0. The van der Waals surface area contributed by atoms with Gasteiger partial charge in [-0.15, -0.1) is 0 Å². The lowest BCUT2D eigenvalue weighted by Gasteiger charge is -2.12. The minimum absolute atomic E-state index is 0.102. The largest absolute Gasteiger partial charge is 0.347 e. The Labute approximate surface area is 114 Å². The van der Waals surface area contributed by atoms with E-state index in [4.69, 9.17) is 0 Å². The first kappa shape index (κ1) is 12.8. The van der Waals surface area contributed by atoms with E-state index in [1.165, 1.54) is 0 Å². The summed E-state index contributed by atoms with van der Waals surface area (Å²) in [5.74, 6) is 0.645. The number of imidazole rings is 1. The Balaban J connectivity index is 2.10. The highest BCUT2D eigenvalue weighted by Gasteiger charge is 2.13. The summed E-state index contributed by atoms with van der Waals surface area (Å²) in [5, 5.41) is 2.90. The maximum Gasteiger partial charge on any atom is 0.251 e. The van der Waals surface area contributed by atoms with E-state index in [0.717, 1.165) is 15.9 Å². The predicted molar refractivity (Wildman–Crippen MR) is 73.3 cm³/mol. The summed E-state index contributed by atoms with van der Waals surface area (Å²) in [4.78, 5) is 19.1. The lowest BCUT2D eigenvalue weighted by atomic mass is 10.1. The molecule has 1 aromatic carbocycles. The second-order valence-electron chi connectivity index (χ2n) is 4.13. The fourth-order valence-corrected chi connectivity index (χ4v) is 1.90. The molecule has 2 N–H and O–H groups in total. The number of rotatable bonds is 3. The molecule has 1 amide bonds. The number of nitrogens with one attached hydrogen (secondary N) is 2. The van der Waals surface area contributed by atoms with Crippen LogP contribution in [0.5, 0.6) is 0 Å². The van der Waals surface area contributed by atoms with Crippen LogP contribution in [0.25, 0.3) is 0 Å². The molecule has 0 saturated carbocycles.